The van der Waals surface area contributed by atoms with E-state index in [-0.39, 0.29) is 5.75 Å². The Hall–Kier alpha value is -1.92. The van der Waals surface area contributed by atoms with Gasteiger partial charge in [0.05, 0.1) is 11.2 Å². The van der Waals surface area contributed by atoms with E-state index in [0.717, 1.165) is 5.46 Å². The van der Waals surface area contributed by atoms with Crippen molar-refractivity contribution in [3.63, 3.8) is 0 Å². The van der Waals surface area contributed by atoms with Crippen molar-refractivity contribution in [2.75, 3.05) is 0 Å². The zero-order chi connectivity index (χ0) is 16.7. The first-order chi connectivity index (χ1) is 10.8. The number of rotatable bonds is 3. The van der Waals surface area contributed by atoms with Crippen molar-refractivity contribution < 1.29 is 18.4 Å². The predicted molar refractivity (Wildman–Crippen MR) is 86.4 cm³/mol. The third-order valence-corrected chi connectivity index (χ3v) is 4.34. The lowest BCUT2D eigenvalue weighted by Gasteiger charge is -2.32. The van der Waals surface area contributed by atoms with Crippen LogP contribution in [0.3, 0.4) is 0 Å². The summed E-state index contributed by atoms with van der Waals surface area (Å²) in [6.45, 7) is 7.98. The average molecular weight is 315 g/mol. The molecule has 0 bridgehead atoms. The number of benzene rings is 1. The molecular weight excluding hydrogens is 296 g/mol. The van der Waals surface area contributed by atoms with Crippen LogP contribution in [0.1, 0.15) is 27.7 Å². The Morgan fingerprint density at radius 1 is 1.00 bits per heavy atom. The predicted octanol–water partition coefficient (Wildman–Crippen LogP) is 3.31. The Labute approximate surface area is 135 Å². The van der Waals surface area contributed by atoms with Crippen molar-refractivity contribution in [2.45, 2.75) is 38.9 Å². The molecule has 1 aromatic heterocycles. The lowest BCUT2D eigenvalue weighted by atomic mass is 9.80. The van der Waals surface area contributed by atoms with Crippen LogP contribution in [0.5, 0.6) is 11.6 Å². The lowest BCUT2D eigenvalue weighted by molar-refractivity contribution is 0.00578. The van der Waals surface area contributed by atoms with Crippen molar-refractivity contribution in [3.05, 3.63) is 48.4 Å². The third kappa shape index (κ3) is 3.09. The molecular formula is C17H19BFNO3. The van der Waals surface area contributed by atoms with Crippen LogP contribution in [0.15, 0.2) is 42.6 Å². The van der Waals surface area contributed by atoms with Crippen molar-refractivity contribution in [2.24, 2.45) is 0 Å². The molecule has 2 aromatic rings. The van der Waals surface area contributed by atoms with Gasteiger partial charge >= 0.3 is 7.12 Å². The van der Waals surface area contributed by atoms with Gasteiger partial charge in [0.15, 0.2) is 11.6 Å². The van der Waals surface area contributed by atoms with Gasteiger partial charge in [-0.2, -0.15) is 0 Å². The fraction of sp³-hybridized carbons (Fsp3) is 0.353. The van der Waals surface area contributed by atoms with Crippen molar-refractivity contribution in [1.82, 2.24) is 4.98 Å². The van der Waals surface area contributed by atoms with E-state index in [9.17, 15) is 4.39 Å². The lowest BCUT2D eigenvalue weighted by Crippen LogP contribution is -2.41. The Balaban J connectivity index is 1.75. The summed E-state index contributed by atoms with van der Waals surface area (Å²) in [6.07, 6.45) is 1.62. The molecule has 0 aliphatic carbocycles. The van der Waals surface area contributed by atoms with Crippen molar-refractivity contribution in [3.8, 4) is 11.6 Å². The first-order valence-electron chi connectivity index (χ1n) is 7.52. The number of aromatic nitrogens is 1. The van der Waals surface area contributed by atoms with E-state index in [0.29, 0.717) is 5.88 Å². The van der Waals surface area contributed by atoms with Gasteiger partial charge in [-0.05, 0) is 39.8 Å². The molecule has 2 heterocycles. The molecule has 0 radical (unpaired) electrons. The van der Waals surface area contributed by atoms with Crippen LogP contribution >= 0.6 is 0 Å². The Morgan fingerprint density at radius 3 is 2.22 bits per heavy atom. The summed E-state index contributed by atoms with van der Waals surface area (Å²) in [5, 5.41) is 0. The molecule has 1 fully saturated rings. The van der Waals surface area contributed by atoms with Crippen LogP contribution in [0.4, 0.5) is 4.39 Å². The second kappa shape index (κ2) is 5.62. The molecule has 6 heteroatoms. The monoisotopic (exact) mass is 315 g/mol. The van der Waals surface area contributed by atoms with Gasteiger partial charge < -0.3 is 14.0 Å². The highest BCUT2D eigenvalue weighted by molar-refractivity contribution is 6.62. The fourth-order valence-electron chi connectivity index (χ4n) is 2.21. The molecule has 1 aliphatic heterocycles. The van der Waals surface area contributed by atoms with Gasteiger partial charge in [0.1, 0.15) is 0 Å². The molecule has 0 atom stereocenters. The van der Waals surface area contributed by atoms with E-state index < -0.39 is 24.1 Å². The second-order valence-corrected chi connectivity index (χ2v) is 6.55. The summed E-state index contributed by atoms with van der Waals surface area (Å²) in [6, 6.07) is 9.69. The first kappa shape index (κ1) is 16.0. The normalized spacial score (nSPS) is 18.9. The van der Waals surface area contributed by atoms with Gasteiger partial charge in [-0.3, -0.25) is 0 Å². The SMILES string of the molecule is CC1(C)OB(c2ccc(Oc3ccccc3F)nc2)OC1(C)C. The molecule has 23 heavy (non-hydrogen) atoms. The number of para-hydroxylation sites is 1. The Bertz CT molecular complexity index is 687. The second-order valence-electron chi connectivity index (χ2n) is 6.55. The van der Waals surface area contributed by atoms with Crippen LogP contribution < -0.4 is 10.2 Å². The van der Waals surface area contributed by atoms with E-state index in [1.165, 1.54) is 6.07 Å². The molecule has 4 nitrogen and oxygen atoms in total. The first-order valence-corrected chi connectivity index (χ1v) is 7.52. The number of pyridine rings is 1. The standard InChI is InChI=1S/C17H19BFNO3/c1-16(2)17(3,4)23-18(22-16)12-9-10-15(20-11-12)21-14-8-6-5-7-13(14)19/h5-11H,1-4H3. The van der Waals surface area contributed by atoms with Crippen LogP contribution in [-0.2, 0) is 9.31 Å². The molecule has 1 aliphatic rings. The van der Waals surface area contributed by atoms with E-state index in [2.05, 4.69) is 4.98 Å². The van der Waals surface area contributed by atoms with E-state index in [4.69, 9.17) is 14.0 Å². The maximum absolute atomic E-state index is 13.6. The summed E-state index contributed by atoms with van der Waals surface area (Å²) in [7, 11) is -0.477. The number of nitrogens with zero attached hydrogens (tertiary/aromatic N) is 1. The largest absolute Gasteiger partial charge is 0.496 e. The molecule has 0 unspecified atom stereocenters. The fourth-order valence-corrected chi connectivity index (χ4v) is 2.21. The maximum atomic E-state index is 13.6. The Morgan fingerprint density at radius 2 is 1.65 bits per heavy atom. The highest BCUT2D eigenvalue weighted by Crippen LogP contribution is 2.36. The molecule has 0 spiro atoms. The minimum Gasteiger partial charge on any atom is -0.436 e. The van der Waals surface area contributed by atoms with Crippen LogP contribution in [-0.4, -0.2) is 23.3 Å². The Kier molecular flexibility index (Phi) is 3.90. The molecule has 0 N–H and O–H groups in total. The number of hydrogen-bond acceptors (Lipinski definition) is 4. The third-order valence-electron chi connectivity index (χ3n) is 4.34. The highest BCUT2D eigenvalue weighted by Gasteiger charge is 2.51. The molecule has 1 saturated heterocycles. The van der Waals surface area contributed by atoms with E-state index in [1.54, 1.807) is 30.5 Å². The van der Waals surface area contributed by atoms with Gasteiger partial charge in [0.25, 0.3) is 0 Å². The van der Waals surface area contributed by atoms with Crippen molar-refractivity contribution >= 4 is 12.6 Å². The van der Waals surface area contributed by atoms with Crippen LogP contribution in [0.25, 0.3) is 0 Å². The van der Waals surface area contributed by atoms with E-state index in [1.807, 2.05) is 33.8 Å². The topological polar surface area (TPSA) is 40.6 Å². The zero-order valence-electron chi connectivity index (χ0n) is 13.7. The molecule has 1 aromatic carbocycles. The maximum Gasteiger partial charge on any atom is 0.496 e. The number of halogens is 1. The summed E-state index contributed by atoms with van der Waals surface area (Å²) in [4.78, 5) is 4.21. The smallest absolute Gasteiger partial charge is 0.436 e. The molecule has 3 rings (SSSR count). The van der Waals surface area contributed by atoms with Crippen LogP contribution in [0.2, 0.25) is 0 Å². The summed E-state index contributed by atoms with van der Waals surface area (Å²) < 4.78 is 30.9. The minimum absolute atomic E-state index is 0.142. The summed E-state index contributed by atoms with van der Waals surface area (Å²) in [5.74, 6) is 0.0306. The highest BCUT2D eigenvalue weighted by atomic mass is 19.1. The molecule has 0 saturated carbocycles. The summed E-state index contributed by atoms with van der Waals surface area (Å²) in [5.41, 5.74) is -0.00968. The van der Waals surface area contributed by atoms with Crippen molar-refractivity contribution in [1.29, 1.82) is 0 Å². The number of ether oxygens (including phenoxy) is 1. The van der Waals surface area contributed by atoms with Gasteiger partial charge in [-0.15, -0.1) is 0 Å². The van der Waals surface area contributed by atoms with Gasteiger partial charge in [0, 0.05) is 17.7 Å². The quantitative estimate of drug-likeness (QED) is 0.815. The minimum atomic E-state index is -0.477. The molecule has 0 amide bonds. The van der Waals surface area contributed by atoms with E-state index >= 15 is 0 Å². The summed E-state index contributed by atoms with van der Waals surface area (Å²) >= 11 is 0. The van der Waals surface area contributed by atoms with Gasteiger partial charge in [-0.1, -0.05) is 18.2 Å². The van der Waals surface area contributed by atoms with Gasteiger partial charge in [0.2, 0.25) is 5.88 Å². The average Bonchev–Trinajstić information content (AvgIpc) is 2.71. The van der Waals surface area contributed by atoms with Gasteiger partial charge in [-0.25, -0.2) is 9.37 Å². The zero-order valence-corrected chi connectivity index (χ0v) is 13.7. The molecule has 120 valence electrons. The number of hydrogen-bond donors (Lipinski definition) is 0. The van der Waals surface area contributed by atoms with Crippen LogP contribution in [0, 0.1) is 5.82 Å².